The molecule has 2 aromatic rings. The fourth-order valence-corrected chi connectivity index (χ4v) is 2.31. The van der Waals surface area contributed by atoms with Crippen LogP contribution >= 0.6 is 11.3 Å². The summed E-state index contributed by atoms with van der Waals surface area (Å²) in [5.74, 6) is 0.758. The molecule has 1 N–H and O–H groups in total. The standard InChI is InChI=1S/C11H16N4OS/c1-7-8(2)17-11(13-7)12-6-9-5-10(16-4)15(3)14-9/h5H,6H2,1-4H3,(H,12,13). The Morgan fingerprint density at radius 1 is 1.47 bits per heavy atom. The zero-order valence-electron chi connectivity index (χ0n) is 10.4. The predicted octanol–water partition coefficient (Wildman–Crippen LogP) is 2.11. The summed E-state index contributed by atoms with van der Waals surface area (Å²) < 4.78 is 6.88. The molecule has 2 rings (SSSR count). The molecular formula is C11H16N4OS. The van der Waals surface area contributed by atoms with Gasteiger partial charge in [-0.1, -0.05) is 0 Å². The Labute approximate surface area is 104 Å². The van der Waals surface area contributed by atoms with Gasteiger partial charge in [0.1, 0.15) is 0 Å². The molecule has 2 heterocycles. The molecule has 92 valence electrons. The molecule has 0 aliphatic carbocycles. The summed E-state index contributed by atoms with van der Waals surface area (Å²) in [6, 6.07) is 1.92. The van der Waals surface area contributed by atoms with Gasteiger partial charge in [0.05, 0.1) is 25.0 Å². The third kappa shape index (κ3) is 2.58. The van der Waals surface area contributed by atoms with E-state index >= 15 is 0 Å². The number of hydrogen-bond acceptors (Lipinski definition) is 5. The molecule has 0 unspecified atom stereocenters. The molecule has 0 saturated carbocycles. The third-order valence-corrected chi connectivity index (χ3v) is 3.58. The summed E-state index contributed by atoms with van der Waals surface area (Å²) in [5.41, 5.74) is 2.02. The summed E-state index contributed by atoms with van der Waals surface area (Å²) in [6.07, 6.45) is 0. The van der Waals surface area contributed by atoms with Crippen LogP contribution in [0.5, 0.6) is 5.88 Å². The minimum atomic E-state index is 0.656. The van der Waals surface area contributed by atoms with E-state index in [-0.39, 0.29) is 0 Å². The summed E-state index contributed by atoms with van der Waals surface area (Å²) in [5, 5.41) is 8.53. The van der Waals surface area contributed by atoms with Crippen LogP contribution in [0.2, 0.25) is 0 Å². The maximum absolute atomic E-state index is 5.16. The van der Waals surface area contributed by atoms with Crippen molar-refractivity contribution in [3.8, 4) is 5.88 Å². The van der Waals surface area contributed by atoms with Crippen LogP contribution in [-0.2, 0) is 13.6 Å². The number of aromatic nitrogens is 3. The van der Waals surface area contributed by atoms with Gasteiger partial charge in [-0.05, 0) is 13.8 Å². The number of ether oxygens (including phenoxy) is 1. The quantitative estimate of drug-likeness (QED) is 0.905. The van der Waals surface area contributed by atoms with E-state index in [2.05, 4.69) is 22.3 Å². The number of rotatable bonds is 4. The SMILES string of the molecule is COc1cc(CNc2nc(C)c(C)s2)nn1C. The van der Waals surface area contributed by atoms with Crippen molar-refractivity contribution in [2.45, 2.75) is 20.4 Å². The van der Waals surface area contributed by atoms with Crippen LogP contribution in [0.3, 0.4) is 0 Å². The minimum absolute atomic E-state index is 0.656. The van der Waals surface area contributed by atoms with Crippen molar-refractivity contribution >= 4 is 16.5 Å². The highest BCUT2D eigenvalue weighted by Gasteiger charge is 2.07. The number of nitrogens with one attached hydrogen (secondary N) is 1. The molecule has 0 aliphatic heterocycles. The van der Waals surface area contributed by atoms with Gasteiger partial charge in [0.15, 0.2) is 5.13 Å². The van der Waals surface area contributed by atoms with Crippen molar-refractivity contribution in [1.29, 1.82) is 0 Å². The summed E-state index contributed by atoms with van der Waals surface area (Å²) >= 11 is 1.66. The van der Waals surface area contributed by atoms with Gasteiger partial charge in [-0.2, -0.15) is 5.10 Å². The van der Waals surface area contributed by atoms with Crippen LogP contribution in [-0.4, -0.2) is 21.9 Å². The molecule has 0 atom stereocenters. The third-order valence-electron chi connectivity index (χ3n) is 2.55. The fraction of sp³-hybridized carbons (Fsp3) is 0.455. The van der Waals surface area contributed by atoms with E-state index < -0.39 is 0 Å². The topological polar surface area (TPSA) is 52.0 Å². The number of anilines is 1. The second-order valence-corrected chi connectivity index (χ2v) is 5.02. The number of nitrogens with zero attached hydrogens (tertiary/aromatic N) is 3. The minimum Gasteiger partial charge on any atom is -0.481 e. The average molecular weight is 252 g/mol. The maximum atomic E-state index is 5.16. The molecule has 0 bridgehead atoms. The lowest BCUT2D eigenvalue weighted by molar-refractivity contribution is 0.373. The van der Waals surface area contributed by atoms with Gasteiger partial charge in [0.2, 0.25) is 5.88 Å². The largest absolute Gasteiger partial charge is 0.481 e. The fourth-order valence-electron chi connectivity index (χ4n) is 1.50. The lowest BCUT2D eigenvalue weighted by Crippen LogP contribution is -2.01. The molecule has 2 aromatic heterocycles. The Balaban J connectivity index is 2.02. The van der Waals surface area contributed by atoms with Crippen LogP contribution in [0.15, 0.2) is 6.07 Å². The Bertz CT molecular complexity index is 498. The Morgan fingerprint density at radius 2 is 2.24 bits per heavy atom. The van der Waals surface area contributed by atoms with E-state index in [0.29, 0.717) is 6.54 Å². The molecule has 0 aliphatic rings. The van der Waals surface area contributed by atoms with Crippen molar-refractivity contribution in [2.75, 3.05) is 12.4 Å². The van der Waals surface area contributed by atoms with E-state index in [1.807, 2.05) is 20.0 Å². The molecule has 0 aromatic carbocycles. The van der Waals surface area contributed by atoms with Crippen LogP contribution < -0.4 is 10.1 Å². The van der Waals surface area contributed by atoms with Gasteiger partial charge in [-0.15, -0.1) is 11.3 Å². The van der Waals surface area contributed by atoms with Crippen LogP contribution in [0.4, 0.5) is 5.13 Å². The zero-order chi connectivity index (χ0) is 12.4. The Kier molecular flexibility index (Phi) is 3.33. The van der Waals surface area contributed by atoms with E-state index in [1.165, 1.54) is 4.88 Å². The second-order valence-electron chi connectivity index (χ2n) is 3.82. The molecular weight excluding hydrogens is 236 g/mol. The van der Waals surface area contributed by atoms with E-state index in [9.17, 15) is 0 Å². The van der Waals surface area contributed by atoms with E-state index in [4.69, 9.17) is 4.74 Å². The molecule has 17 heavy (non-hydrogen) atoms. The van der Waals surface area contributed by atoms with Gasteiger partial charge in [-0.3, -0.25) is 0 Å². The Hall–Kier alpha value is -1.56. The van der Waals surface area contributed by atoms with E-state index in [1.54, 1.807) is 23.1 Å². The monoisotopic (exact) mass is 252 g/mol. The summed E-state index contributed by atoms with van der Waals surface area (Å²) in [4.78, 5) is 5.66. The molecule has 0 spiro atoms. The number of aryl methyl sites for hydroxylation is 3. The van der Waals surface area contributed by atoms with Gasteiger partial charge < -0.3 is 10.1 Å². The number of methoxy groups -OCH3 is 1. The zero-order valence-corrected chi connectivity index (χ0v) is 11.3. The van der Waals surface area contributed by atoms with Gasteiger partial charge in [0, 0.05) is 18.0 Å². The predicted molar refractivity (Wildman–Crippen MR) is 68.7 cm³/mol. The Morgan fingerprint density at radius 3 is 2.76 bits per heavy atom. The maximum Gasteiger partial charge on any atom is 0.211 e. The molecule has 0 saturated heterocycles. The first-order valence-corrected chi connectivity index (χ1v) is 6.16. The highest BCUT2D eigenvalue weighted by Crippen LogP contribution is 2.21. The molecule has 0 radical (unpaired) electrons. The van der Waals surface area contributed by atoms with Crippen molar-refractivity contribution < 1.29 is 4.74 Å². The lowest BCUT2D eigenvalue weighted by atomic mass is 10.4. The first kappa shape index (κ1) is 11.9. The van der Waals surface area contributed by atoms with Crippen molar-refractivity contribution in [3.63, 3.8) is 0 Å². The molecule has 0 fully saturated rings. The van der Waals surface area contributed by atoms with Gasteiger partial charge in [0.25, 0.3) is 0 Å². The van der Waals surface area contributed by atoms with Crippen LogP contribution in [0, 0.1) is 13.8 Å². The van der Waals surface area contributed by atoms with Crippen molar-refractivity contribution in [1.82, 2.24) is 14.8 Å². The second kappa shape index (κ2) is 4.75. The molecule has 0 amide bonds. The first-order valence-electron chi connectivity index (χ1n) is 5.35. The lowest BCUT2D eigenvalue weighted by Gasteiger charge is -1.97. The summed E-state index contributed by atoms with van der Waals surface area (Å²) in [7, 11) is 3.50. The van der Waals surface area contributed by atoms with Crippen molar-refractivity contribution in [3.05, 3.63) is 22.3 Å². The van der Waals surface area contributed by atoms with E-state index in [0.717, 1.165) is 22.4 Å². The van der Waals surface area contributed by atoms with Crippen molar-refractivity contribution in [2.24, 2.45) is 7.05 Å². The van der Waals surface area contributed by atoms with Crippen LogP contribution in [0.25, 0.3) is 0 Å². The molecule has 6 heteroatoms. The summed E-state index contributed by atoms with van der Waals surface area (Å²) in [6.45, 7) is 4.74. The normalized spacial score (nSPS) is 10.6. The first-order chi connectivity index (χ1) is 8.10. The highest BCUT2D eigenvalue weighted by molar-refractivity contribution is 7.15. The van der Waals surface area contributed by atoms with Gasteiger partial charge in [-0.25, -0.2) is 9.67 Å². The van der Waals surface area contributed by atoms with Gasteiger partial charge >= 0.3 is 0 Å². The highest BCUT2D eigenvalue weighted by atomic mass is 32.1. The number of hydrogen-bond donors (Lipinski definition) is 1. The number of thiazole rings is 1. The van der Waals surface area contributed by atoms with Crippen LogP contribution in [0.1, 0.15) is 16.3 Å². The molecule has 5 nitrogen and oxygen atoms in total. The average Bonchev–Trinajstić information content (AvgIpc) is 2.80. The smallest absolute Gasteiger partial charge is 0.211 e.